The van der Waals surface area contributed by atoms with Gasteiger partial charge < -0.3 is 5.11 Å². The summed E-state index contributed by atoms with van der Waals surface area (Å²) in [5, 5.41) is 13.3. The fraction of sp³-hybridized carbons (Fsp3) is 0.0714. The van der Waals surface area contributed by atoms with Gasteiger partial charge in [0, 0.05) is 9.13 Å². The van der Waals surface area contributed by atoms with Gasteiger partial charge >= 0.3 is 0 Å². The van der Waals surface area contributed by atoms with Crippen molar-refractivity contribution in [3.8, 4) is 5.75 Å². The van der Waals surface area contributed by atoms with Crippen molar-refractivity contribution in [2.24, 2.45) is 5.10 Å². The zero-order valence-corrected chi connectivity index (χ0v) is 14.1. The summed E-state index contributed by atoms with van der Waals surface area (Å²) in [4.78, 5) is 2.25. The summed E-state index contributed by atoms with van der Waals surface area (Å²) < 4.78 is 24.9. The van der Waals surface area contributed by atoms with Crippen molar-refractivity contribution in [2.45, 2.75) is 11.8 Å². The molecule has 0 radical (unpaired) electrons. The normalized spacial score (nSPS) is 11.7. The number of nitrogens with one attached hydrogen (secondary N) is 1. The summed E-state index contributed by atoms with van der Waals surface area (Å²) >= 11 is 2.09. The third-order valence-electron chi connectivity index (χ3n) is 2.70. The lowest BCUT2D eigenvalue weighted by molar-refractivity contribution is 0.474. The van der Waals surface area contributed by atoms with Crippen LogP contribution in [-0.4, -0.2) is 19.7 Å². The standard InChI is InChI=1S/C14H13IN2O3S/c1-10-2-5-13(6-3-10)21(19,20)17-16-9-11-8-12(15)4-7-14(11)18/h2-9,17-18H,1H3/b16-9+. The van der Waals surface area contributed by atoms with Gasteiger partial charge in [-0.05, 0) is 59.8 Å². The number of rotatable bonds is 4. The Balaban J connectivity index is 2.16. The summed E-state index contributed by atoms with van der Waals surface area (Å²) in [7, 11) is -3.70. The number of benzene rings is 2. The molecule has 2 rings (SSSR count). The van der Waals surface area contributed by atoms with Gasteiger partial charge in [0.1, 0.15) is 5.75 Å². The van der Waals surface area contributed by atoms with E-state index in [1.54, 1.807) is 24.3 Å². The fourth-order valence-electron chi connectivity index (χ4n) is 1.56. The molecule has 110 valence electrons. The van der Waals surface area contributed by atoms with E-state index >= 15 is 0 Å². The quantitative estimate of drug-likeness (QED) is 0.457. The third kappa shape index (κ3) is 4.18. The number of sulfonamides is 1. The summed E-state index contributed by atoms with van der Waals surface area (Å²) in [5.41, 5.74) is 1.41. The number of hydrazone groups is 1. The Morgan fingerprint density at radius 2 is 1.86 bits per heavy atom. The summed E-state index contributed by atoms with van der Waals surface area (Å²) in [5.74, 6) is 0.0358. The van der Waals surface area contributed by atoms with Crippen molar-refractivity contribution < 1.29 is 13.5 Å². The number of halogens is 1. The topological polar surface area (TPSA) is 78.8 Å². The molecule has 0 aromatic heterocycles. The number of nitrogens with zero attached hydrogens (tertiary/aromatic N) is 1. The van der Waals surface area contributed by atoms with Crippen LogP contribution in [0, 0.1) is 10.5 Å². The van der Waals surface area contributed by atoms with Gasteiger partial charge in [-0.2, -0.15) is 13.5 Å². The van der Waals surface area contributed by atoms with Crippen LogP contribution in [0.15, 0.2) is 52.5 Å². The van der Waals surface area contributed by atoms with E-state index in [4.69, 9.17) is 0 Å². The molecule has 2 N–H and O–H groups in total. The summed E-state index contributed by atoms with van der Waals surface area (Å²) in [6.07, 6.45) is 1.27. The van der Waals surface area contributed by atoms with E-state index < -0.39 is 10.0 Å². The highest BCUT2D eigenvalue weighted by atomic mass is 127. The molecule has 2 aromatic carbocycles. The molecule has 7 heteroatoms. The Kier molecular flexibility index (Phi) is 4.84. The second kappa shape index (κ2) is 6.44. The first kappa shape index (κ1) is 15.8. The van der Waals surface area contributed by atoms with Gasteiger partial charge in [-0.25, -0.2) is 4.83 Å². The fourth-order valence-corrected chi connectivity index (χ4v) is 2.87. The Hall–Kier alpha value is -1.61. The van der Waals surface area contributed by atoms with E-state index in [9.17, 15) is 13.5 Å². The van der Waals surface area contributed by atoms with Crippen LogP contribution in [0.1, 0.15) is 11.1 Å². The maximum atomic E-state index is 12.0. The SMILES string of the molecule is Cc1ccc(S(=O)(=O)N/N=C/c2cc(I)ccc2O)cc1. The molecule has 0 aliphatic carbocycles. The molecule has 0 bridgehead atoms. The van der Waals surface area contributed by atoms with Gasteiger partial charge in [0.05, 0.1) is 11.1 Å². The maximum Gasteiger partial charge on any atom is 0.276 e. The zero-order chi connectivity index (χ0) is 15.5. The monoisotopic (exact) mass is 416 g/mol. The molecule has 0 spiro atoms. The molecule has 5 nitrogen and oxygen atoms in total. The van der Waals surface area contributed by atoms with Crippen LogP contribution in [0.5, 0.6) is 5.75 Å². The molecule has 0 fully saturated rings. The number of aromatic hydroxyl groups is 1. The zero-order valence-electron chi connectivity index (χ0n) is 11.1. The predicted octanol–water partition coefficient (Wildman–Crippen LogP) is 2.62. The number of hydrogen-bond acceptors (Lipinski definition) is 4. The average Bonchev–Trinajstić information content (AvgIpc) is 2.43. The smallest absolute Gasteiger partial charge is 0.276 e. The molecule has 0 unspecified atom stereocenters. The lowest BCUT2D eigenvalue weighted by atomic mass is 10.2. The molecule has 0 amide bonds. The number of phenols is 1. The van der Waals surface area contributed by atoms with Gasteiger partial charge in [0.2, 0.25) is 0 Å². The van der Waals surface area contributed by atoms with E-state index in [2.05, 4.69) is 32.5 Å². The Morgan fingerprint density at radius 1 is 1.19 bits per heavy atom. The first-order valence-electron chi connectivity index (χ1n) is 5.98. The van der Waals surface area contributed by atoms with Gasteiger partial charge in [-0.15, -0.1) is 0 Å². The van der Waals surface area contributed by atoms with E-state index in [0.717, 1.165) is 9.13 Å². The summed E-state index contributed by atoms with van der Waals surface area (Å²) in [6.45, 7) is 1.88. The highest BCUT2D eigenvalue weighted by Gasteiger charge is 2.11. The van der Waals surface area contributed by atoms with E-state index in [0.29, 0.717) is 5.56 Å². The molecular weight excluding hydrogens is 403 g/mol. The second-order valence-electron chi connectivity index (χ2n) is 4.37. The van der Waals surface area contributed by atoms with E-state index in [1.165, 1.54) is 24.4 Å². The van der Waals surface area contributed by atoms with E-state index in [1.807, 2.05) is 6.92 Å². The number of hydrogen-bond donors (Lipinski definition) is 2. The van der Waals surface area contributed by atoms with Crippen molar-refractivity contribution in [3.63, 3.8) is 0 Å². The Labute approximate surface area is 136 Å². The minimum atomic E-state index is -3.70. The number of phenolic OH excluding ortho intramolecular Hbond substituents is 1. The van der Waals surface area contributed by atoms with Gasteiger partial charge in [0.25, 0.3) is 10.0 Å². The molecule has 0 aliphatic heterocycles. The molecule has 21 heavy (non-hydrogen) atoms. The third-order valence-corrected chi connectivity index (χ3v) is 4.61. The van der Waals surface area contributed by atoms with Crippen molar-refractivity contribution in [1.82, 2.24) is 4.83 Å². The molecular formula is C14H13IN2O3S. The Bertz CT molecular complexity index is 771. The molecule has 0 aliphatic rings. The van der Waals surface area contributed by atoms with Crippen molar-refractivity contribution in [1.29, 1.82) is 0 Å². The first-order valence-corrected chi connectivity index (χ1v) is 8.55. The van der Waals surface area contributed by atoms with Gasteiger partial charge in [-0.1, -0.05) is 17.7 Å². The molecule has 0 saturated heterocycles. The molecule has 2 aromatic rings. The minimum Gasteiger partial charge on any atom is -0.507 e. The summed E-state index contributed by atoms with van der Waals surface area (Å²) in [6, 6.07) is 11.4. The van der Waals surface area contributed by atoms with Gasteiger partial charge in [-0.3, -0.25) is 0 Å². The van der Waals surface area contributed by atoms with Crippen LogP contribution in [0.3, 0.4) is 0 Å². The van der Waals surface area contributed by atoms with Crippen LogP contribution in [0.25, 0.3) is 0 Å². The van der Waals surface area contributed by atoms with Gasteiger partial charge in [0.15, 0.2) is 0 Å². The van der Waals surface area contributed by atoms with Crippen molar-refractivity contribution >= 4 is 38.8 Å². The molecule has 0 atom stereocenters. The van der Waals surface area contributed by atoms with Crippen LogP contribution in [0.4, 0.5) is 0 Å². The first-order chi connectivity index (χ1) is 9.88. The number of aryl methyl sites for hydroxylation is 1. The molecule has 0 heterocycles. The lowest BCUT2D eigenvalue weighted by Gasteiger charge is -2.04. The highest BCUT2D eigenvalue weighted by molar-refractivity contribution is 14.1. The Morgan fingerprint density at radius 3 is 2.52 bits per heavy atom. The predicted molar refractivity (Wildman–Crippen MR) is 89.9 cm³/mol. The average molecular weight is 416 g/mol. The highest BCUT2D eigenvalue weighted by Crippen LogP contribution is 2.17. The van der Waals surface area contributed by atoms with Crippen molar-refractivity contribution in [3.05, 3.63) is 57.2 Å². The maximum absolute atomic E-state index is 12.0. The molecule has 0 saturated carbocycles. The second-order valence-corrected chi connectivity index (χ2v) is 7.28. The van der Waals surface area contributed by atoms with Crippen LogP contribution in [0.2, 0.25) is 0 Å². The van der Waals surface area contributed by atoms with E-state index in [-0.39, 0.29) is 10.6 Å². The van der Waals surface area contributed by atoms with Crippen LogP contribution in [-0.2, 0) is 10.0 Å². The van der Waals surface area contributed by atoms with Crippen LogP contribution < -0.4 is 4.83 Å². The largest absolute Gasteiger partial charge is 0.507 e. The van der Waals surface area contributed by atoms with Crippen molar-refractivity contribution in [2.75, 3.05) is 0 Å². The van der Waals surface area contributed by atoms with Crippen LogP contribution >= 0.6 is 22.6 Å². The minimum absolute atomic E-state index is 0.0358. The lowest BCUT2D eigenvalue weighted by Crippen LogP contribution is -2.18.